The summed E-state index contributed by atoms with van der Waals surface area (Å²) in [5.74, 6) is 1.59. The van der Waals surface area contributed by atoms with Crippen molar-refractivity contribution in [3.8, 4) is 0 Å². The van der Waals surface area contributed by atoms with E-state index in [1.54, 1.807) is 32.4 Å². The number of ether oxygens (including phenoxy) is 1. The van der Waals surface area contributed by atoms with E-state index in [9.17, 15) is 4.79 Å². The van der Waals surface area contributed by atoms with Crippen molar-refractivity contribution in [2.45, 2.75) is 38.5 Å². The molecule has 8 heteroatoms. The van der Waals surface area contributed by atoms with Gasteiger partial charge in [-0.05, 0) is 36.8 Å². The Hall–Kier alpha value is -1.29. The molecule has 1 aromatic heterocycles. The highest BCUT2D eigenvalue weighted by Gasteiger charge is 2.33. The molecule has 1 aliphatic carbocycles. The Labute approximate surface area is 185 Å². The number of halogens is 1. The Balaban J connectivity index is 0.00000392. The van der Waals surface area contributed by atoms with E-state index in [1.807, 2.05) is 12.1 Å². The number of amides is 1. The monoisotopic (exact) mass is 506 g/mol. The van der Waals surface area contributed by atoms with Gasteiger partial charge in [0.25, 0.3) is 0 Å². The second-order valence-corrected chi connectivity index (χ2v) is 7.51. The Morgan fingerprint density at radius 1 is 1.32 bits per heavy atom. The van der Waals surface area contributed by atoms with Gasteiger partial charge in [-0.25, -0.2) is 4.99 Å². The minimum Gasteiger partial charge on any atom is -0.469 e. The minimum atomic E-state index is -0.0166. The van der Waals surface area contributed by atoms with Crippen molar-refractivity contribution in [2.24, 2.45) is 10.4 Å². The normalized spacial score (nSPS) is 15.8. The van der Waals surface area contributed by atoms with Gasteiger partial charge in [0.1, 0.15) is 12.3 Å². The van der Waals surface area contributed by atoms with Crippen molar-refractivity contribution >= 4 is 35.8 Å². The molecule has 1 aliphatic rings. The molecule has 0 spiro atoms. The summed E-state index contributed by atoms with van der Waals surface area (Å²) in [6, 6.07) is 3.84. The van der Waals surface area contributed by atoms with Crippen molar-refractivity contribution < 1.29 is 13.9 Å². The molecule has 1 aromatic rings. The van der Waals surface area contributed by atoms with Crippen LogP contribution < -0.4 is 10.6 Å². The summed E-state index contributed by atoms with van der Waals surface area (Å²) in [6.45, 7) is 2.45. The third-order valence-corrected chi connectivity index (χ3v) is 5.25. The van der Waals surface area contributed by atoms with E-state index >= 15 is 0 Å². The van der Waals surface area contributed by atoms with Gasteiger partial charge in [0.15, 0.2) is 5.96 Å². The molecule has 1 heterocycles. The molecule has 0 unspecified atom stereocenters. The lowest BCUT2D eigenvalue weighted by atomic mass is 9.83. The van der Waals surface area contributed by atoms with E-state index in [0.717, 1.165) is 31.8 Å². The maximum absolute atomic E-state index is 11.9. The van der Waals surface area contributed by atoms with Crippen molar-refractivity contribution in [2.75, 3.05) is 47.4 Å². The lowest BCUT2D eigenvalue weighted by Gasteiger charge is -2.30. The molecule has 0 aromatic carbocycles. The zero-order valence-electron chi connectivity index (χ0n) is 17.3. The first-order valence-corrected chi connectivity index (χ1v) is 9.78. The average Bonchev–Trinajstić information content (AvgIpc) is 3.34. The number of methoxy groups -OCH3 is 1. The van der Waals surface area contributed by atoms with Gasteiger partial charge < -0.3 is 24.7 Å². The molecule has 7 nitrogen and oxygen atoms in total. The predicted molar refractivity (Wildman–Crippen MR) is 122 cm³/mol. The summed E-state index contributed by atoms with van der Waals surface area (Å²) >= 11 is 0. The molecule has 2 N–H and O–H groups in total. The third-order valence-electron chi connectivity index (χ3n) is 5.25. The first-order valence-electron chi connectivity index (χ1n) is 9.78. The molecular weight excluding hydrogens is 471 g/mol. The van der Waals surface area contributed by atoms with E-state index in [1.165, 1.54) is 25.7 Å². The van der Waals surface area contributed by atoms with Gasteiger partial charge in [-0.2, -0.15) is 0 Å². The van der Waals surface area contributed by atoms with Crippen LogP contribution >= 0.6 is 24.0 Å². The van der Waals surface area contributed by atoms with Crippen LogP contribution in [0, 0.1) is 5.41 Å². The maximum atomic E-state index is 11.9. The van der Waals surface area contributed by atoms with E-state index in [0.29, 0.717) is 12.5 Å². The van der Waals surface area contributed by atoms with Gasteiger partial charge >= 0.3 is 0 Å². The Morgan fingerprint density at radius 3 is 2.68 bits per heavy atom. The van der Waals surface area contributed by atoms with Crippen LogP contribution in [0.5, 0.6) is 0 Å². The number of likely N-dealkylation sites (N-methyl/N-ethyl adjacent to an activating group) is 1. The molecule has 1 amide bonds. The summed E-state index contributed by atoms with van der Waals surface area (Å²) in [7, 11) is 5.24. The highest BCUT2D eigenvalue weighted by atomic mass is 127. The van der Waals surface area contributed by atoms with E-state index in [4.69, 9.17) is 9.15 Å². The lowest BCUT2D eigenvalue weighted by molar-refractivity contribution is -0.127. The van der Waals surface area contributed by atoms with Gasteiger partial charge in [-0.3, -0.25) is 4.79 Å². The summed E-state index contributed by atoms with van der Waals surface area (Å²) < 4.78 is 10.7. The summed E-state index contributed by atoms with van der Waals surface area (Å²) in [6.07, 6.45) is 8.44. The number of nitrogens with zero attached hydrogens (tertiary/aromatic N) is 2. The highest BCUT2D eigenvalue weighted by Crippen LogP contribution is 2.40. The molecule has 160 valence electrons. The fourth-order valence-corrected chi connectivity index (χ4v) is 3.45. The lowest BCUT2D eigenvalue weighted by Crippen LogP contribution is -2.44. The number of hydrogen-bond donors (Lipinski definition) is 2. The van der Waals surface area contributed by atoms with E-state index in [-0.39, 0.29) is 41.8 Å². The van der Waals surface area contributed by atoms with Crippen molar-refractivity contribution in [3.63, 3.8) is 0 Å². The second kappa shape index (κ2) is 13.0. The number of carbonyl (C=O) groups excluding carboxylic acids is 1. The van der Waals surface area contributed by atoms with Crippen molar-refractivity contribution in [3.05, 3.63) is 24.2 Å². The van der Waals surface area contributed by atoms with Gasteiger partial charge in [0, 0.05) is 47.3 Å². The van der Waals surface area contributed by atoms with Crippen LogP contribution in [0.3, 0.4) is 0 Å². The van der Waals surface area contributed by atoms with Crippen LogP contribution in [-0.4, -0.2) is 64.2 Å². The maximum Gasteiger partial charge on any atom is 0.243 e. The smallest absolute Gasteiger partial charge is 0.243 e. The summed E-state index contributed by atoms with van der Waals surface area (Å²) in [5, 5.41) is 6.79. The largest absolute Gasteiger partial charge is 0.469 e. The van der Waals surface area contributed by atoms with Gasteiger partial charge in [0.05, 0.1) is 6.26 Å². The molecule has 28 heavy (non-hydrogen) atoms. The van der Waals surface area contributed by atoms with Gasteiger partial charge in [0.2, 0.25) is 5.91 Å². The molecule has 2 rings (SSSR count). The van der Waals surface area contributed by atoms with Crippen molar-refractivity contribution in [1.29, 1.82) is 0 Å². The van der Waals surface area contributed by atoms with Gasteiger partial charge in [-0.1, -0.05) is 12.8 Å². The van der Waals surface area contributed by atoms with E-state index in [2.05, 4.69) is 15.6 Å². The molecule has 0 atom stereocenters. The molecule has 0 aliphatic heterocycles. The fraction of sp³-hybridized carbons (Fsp3) is 0.700. The third kappa shape index (κ3) is 8.38. The first-order chi connectivity index (χ1) is 13.0. The predicted octanol–water partition coefficient (Wildman–Crippen LogP) is 2.66. The van der Waals surface area contributed by atoms with Crippen LogP contribution in [0.15, 0.2) is 27.8 Å². The number of rotatable bonds is 10. The number of furan rings is 1. The van der Waals surface area contributed by atoms with Crippen LogP contribution in [0.1, 0.15) is 37.9 Å². The van der Waals surface area contributed by atoms with Crippen LogP contribution in [0.4, 0.5) is 0 Å². The van der Waals surface area contributed by atoms with Crippen LogP contribution in [-0.2, 0) is 16.0 Å². The molecule has 0 saturated heterocycles. The molecular formula is C20H35IN4O3. The van der Waals surface area contributed by atoms with Crippen LogP contribution in [0.25, 0.3) is 0 Å². The molecule has 0 radical (unpaired) electrons. The number of guanidine groups is 1. The Bertz CT molecular complexity index is 584. The zero-order valence-corrected chi connectivity index (χ0v) is 19.7. The number of aliphatic imine (C=N–C) groups is 1. The first kappa shape index (κ1) is 24.7. The topological polar surface area (TPSA) is 79.1 Å². The molecule has 1 saturated carbocycles. The van der Waals surface area contributed by atoms with E-state index < -0.39 is 0 Å². The summed E-state index contributed by atoms with van der Waals surface area (Å²) in [5.41, 5.74) is 0.255. The second-order valence-electron chi connectivity index (χ2n) is 7.51. The van der Waals surface area contributed by atoms with Crippen molar-refractivity contribution in [1.82, 2.24) is 15.5 Å². The zero-order chi connectivity index (χ0) is 19.5. The van der Waals surface area contributed by atoms with Gasteiger partial charge in [-0.15, -0.1) is 24.0 Å². The Morgan fingerprint density at radius 2 is 2.07 bits per heavy atom. The standard InChI is InChI=1S/C20H34N4O3.HI/c1-24(2)18(25)15-22-19(21-12-8-17-7-6-13-27-17)23-16-20(11-14-26-3)9-4-5-10-20;/h6-7,13H,4-5,8-12,14-16H2,1-3H3,(H2,21,22,23);1H. The number of nitrogens with one attached hydrogen (secondary N) is 2. The minimum absolute atomic E-state index is 0. The number of carbonyl (C=O) groups is 1. The summed E-state index contributed by atoms with van der Waals surface area (Å²) in [4.78, 5) is 17.9. The average molecular weight is 506 g/mol. The highest BCUT2D eigenvalue weighted by molar-refractivity contribution is 14.0. The molecule has 1 fully saturated rings. The quantitative estimate of drug-likeness (QED) is 0.290. The molecule has 0 bridgehead atoms. The SMILES string of the molecule is COCCC1(CNC(=NCC(=O)N(C)C)NCCc2ccco2)CCCC1.I. The van der Waals surface area contributed by atoms with Crippen LogP contribution in [0.2, 0.25) is 0 Å². The Kier molecular flexibility index (Phi) is 11.5. The number of hydrogen-bond acceptors (Lipinski definition) is 4. The fourth-order valence-electron chi connectivity index (χ4n) is 3.45.